The van der Waals surface area contributed by atoms with Gasteiger partial charge < -0.3 is 9.47 Å². The summed E-state index contributed by atoms with van der Waals surface area (Å²) in [4.78, 5) is 23.0. The predicted octanol–water partition coefficient (Wildman–Crippen LogP) is 2.95. The summed E-state index contributed by atoms with van der Waals surface area (Å²) < 4.78 is 10.0. The van der Waals surface area contributed by atoms with Crippen LogP contribution in [0.15, 0.2) is 24.3 Å². The van der Waals surface area contributed by atoms with Crippen molar-refractivity contribution in [1.29, 1.82) is 0 Å². The van der Waals surface area contributed by atoms with Gasteiger partial charge in [0.25, 0.3) is 0 Å². The summed E-state index contributed by atoms with van der Waals surface area (Å²) in [5.41, 5.74) is 0.683. The Morgan fingerprint density at radius 3 is 2.29 bits per heavy atom. The molecular weight excluding hydrogens is 268 g/mol. The lowest BCUT2D eigenvalue weighted by molar-refractivity contribution is -0.141. The molecule has 112 valence electrons. The molecule has 21 heavy (non-hydrogen) atoms. The highest BCUT2D eigenvalue weighted by molar-refractivity contribution is 5.89. The van der Waals surface area contributed by atoms with Crippen LogP contribution in [0.25, 0.3) is 0 Å². The number of hydrogen-bond donors (Lipinski definition) is 0. The first kappa shape index (κ1) is 16.8. The maximum atomic E-state index is 11.8. The van der Waals surface area contributed by atoms with Crippen molar-refractivity contribution in [2.45, 2.75) is 39.7 Å². The molecule has 0 spiro atoms. The number of hydrogen-bond acceptors (Lipinski definition) is 4. The van der Waals surface area contributed by atoms with Gasteiger partial charge in [-0.1, -0.05) is 11.8 Å². The molecule has 1 aromatic carbocycles. The zero-order chi connectivity index (χ0) is 15.9. The van der Waals surface area contributed by atoms with Crippen LogP contribution in [0.4, 0.5) is 0 Å². The summed E-state index contributed by atoms with van der Waals surface area (Å²) in [6.45, 7) is 7.56. The molecule has 0 atom stereocenters. The molecule has 0 saturated heterocycles. The van der Waals surface area contributed by atoms with Gasteiger partial charge in [-0.05, 0) is 52.0 Å². The molecule has 0 aliphatic rings. The summed E-state index contributed by atoms with van der Waals surface area (Å²) in [6.07, 6.45) is 0.0572. The molecule has 0 unspecified atom stereocenters. The van der Waals surface area contributed by atoms with E-state index in [4.69, 9.17) is 9.47 Å². The highest BCUT2D eigenvalue weighted by Gasteiger charge is 2.17. The van der Waals surface area contributed by atoms with Gasteiger partial charge in [-0.15, -0.1) is 0 Å². The van der Waals surface area contributed by atoms with Gasteiger partial charge in [0.2, 0.25) is 0 Å². The van der Waals surface area contributed by atoms with Crippen LogP contribution < -0.4 is 0 Å². The van der Waals surface area contributed by atoms with Crippen LogP contribution in [0.2, 0.25) is 0 Å². The number of esters is 2. The molecule has 0 fully saturated rings. The summed E-state index contributed by atoms with van der Waals surface area (Å²) in [5.74, 6) is 4.87. The van der Waals surface area contributed by atoms with E-state index in [1.165, 1.54) is 0 Å². The minimum Gasteiger partial charge on any atom is -0.465 e. The largest absolute Gasteiger partial charge is 0.465 e. The van der Waals surface area contributed by atoms with E-state index in [2.05, 4.69) is 11.8 Å². The van der Waals surface area contributed by atoms with Gasteiger partial charge in [0.15, 0.2) is 0 Å². The molecule has 1 aromatic rings. The van der Waals surface area contributed by atoms with Crippen molar-refractivity contribution in [3.63, 3.8) is 0 Å². The van der Waals surface area contributed by atoms with E-state index in [1.54, 1.807) is 31.2 Å². The summed E-state index contributed by atoms with van der Waals surface area (Å²) >= 11 is 0. The van der Waals surface area contributed by atoms with Crippen LogP contribution >= 0.6 is 0 Å². The smallest absolute Gasteiger partial charge is 0.338 e. The average molecular weight is 288 g/mol. The topological polar surface area (TPSA) is 52.6 Å². The molecule has 0 radical (unpaired) electrons. The van der Waals surface area contributed by atoms with E-state index < -0.39 is 5.60 Å². The summed E-state index contributed by atoms with van der Waals surface area (Å²) in [7, 11) is 0. The minimum atomic E-state index is -0.519. The first-order valence-electron chi connectivity index (χ1n) is 6.79. The Kier molecular flexibility index (Phi) is 5.98. The van der Waals surface area contributed by atoms with E-state index in [-0.39, 0.29) is 18.4 Å². The van der Waals surface area contributed by atoms with Gasteiger partial charge in [-0.25, -0.2) is 4.79 Å². The second kappa shape index (κ2) is 7.49. The summed E-state index contributed by atoms with van der Waals surface area (Å²) in [6, 6.07) is 6.75. The average Bonchev–Trinajstić information content (AvgIpc) is 2.38. The Bertz CT molecular complexity index is 553. The SMILES string of the molecule is CCOC(=O)CC#Cc1ccc(C(=O)OC(C)(C)C)cc1. The molecular formula is C17H20O4. The number of benzene rings is 1. The lowest BCUT2D eigenvalue weighted by atomic mass is 10.1. The molecule has 0 amide bonds. The quantitative estimate of drug-likeness (QED) is 0.634. The molecule has 0 aromatic heterocycles. The standard InChI is InChI=1S/C17H20O4/c1-5-20-15(18)8-6-7-13-9-11-14(12-10-13)16(19)21-17(2,3)4/h9-12H,5,8H2,1-4H3. The molecule has 0 heterocycles. The van der Waals surface area contributed by atoms with Gasteiger partial charge in [0.05, 0.1) is 12.2 Å². The zero-order valence-corrected chi connectivity index (χ0v) is 12.9. The van der Waals surface area contributed by atoms with Crippen LogP contribution in [0.3, 0.4) is 0 Å². The first-order chi connectivity index (χ1) is 9.81. The van der Waals surface area contributed by atoms with Gasteiger partial charge in [0.1, 0.15) is 12.0 Å². The van der Waals surface area contributed by atoms with Crippen molar-refractivity contribution in [2.75, 3.05) is 6.61 Å². The highest BCUT2D eigenvalue weighted by atomic mass is 16.6. The fourth-order valence-corrected chi connectivity index (χ4v) is 1.46. The maximum absolute atomic E-state index is 11.8. The fourth-order valence-electron chi connectivity index (χ4n) is 1.46. The number of carbonyl (C=O) groups excluding carboxylic acids is 2. The van der Waals surface area contributed by atoms with Crippen LogP contribution in [-0.4, -0.2) is 24.1 Å². The molecule has 0 saturated carbocycles. The Balaban J connectivity index is 2.64. The molecule has 0 aliphatic carbocycles. The molecule has 0 N–H and O–H groups in total. The molecule has 0 bridgehead atoms. The zero-order valence-electron chi connectivity index (χ0n) is 12.9. The minimum absolute atomic E-state index is 0.0572. The van der Waals surface area contributed by atoms with Crippen molar-refractivity contribution >= 4 is 11.9 Å². The van der Waals surface area contributed by atoms with Crippen LogP contribution in [0, 0.1) is 11.8 Å². The van der Waals surface area contributed by atoms with E-state index in [1.807, 2.05) is 20.8 Å². The van der Waals surface area contributed by atoms with Crippen LogP contribution in [0.5, 0.6) is 0 Å². The van der Waals surface area contributed by atoms with Crippen molar-refractivity contribution in [3.05, 3.63) is 35.4 Å². The first-order valence-corrected chi connectivity index (χ1v) is 6.79. The number of rotatable bonds is 3. The van der Waals surface area contributed by atoms with E-state index in [9.17, 15) is 9.59 Å². The Labute approximate surface area is 125 Å². The van der Waals surface area contributed by atoms with Gasteiger partial charge in [0, 0.05) is 5.56 Å². The van der Waals surface area contributed by atoms with Crippen LogP contribution in [-0.2, 0) is 14.3 Å². The molecule has 4 heteroatoms. The summed E-state index contributed by atoms with van der Waals surface area (Å²) in [5, 5.41) is 0. The van der Waals surface area contributed by atoms with Gasteiger partial charge >= 0.3 is 11.9 Å². The molecule has 1 rings (SSSR count). The fraction of sp³-hybridized carbons (Fsp3) is 0.412. The van der Waals surface area contributed by atoms with E-state index in [0.717, 1.165) is 5.56 Å². The second-order valence-corrected chi connectivity index (χ2v) is 5.36. The molecule has 0 aliphatic heterocycles. The third kappa shape index (κ3) is 6.62. The van der Waals surface area contributed by atoms with Crippen molar-refractivity contribution < 1.29 is 19.1 Å². The van der Waals surface area contributed by atoms with Crippen molar-refractivity contribution in [1.82, 2.24) is 0 Å². The lowest BCUT2D eigenvalue weighted by Gasteiger charge is -2.19. The Hall–Kier alpha value is -2.28. The molecule has 4 nitrogen and oxygen atoms in total. The highest BCUT2D eigenvalue weighted by Crippen LogP contribution is 2.12. The maximum Gasteiger partial charge on any atom is 0.338 e. The van der Waals surface area contributed by atoms with E-state index >= 15 is 0 Å². The third-order valence-corrected chi connectivity index (χ3v) is 2.29. The van der Waals surface area contributed by atoms with Crippen molar-refractivity contribution in [2.24, 2.45) is 0 Å². The third-order valence-electron chi connectivity index (χ3n) is 2.29. The number of ether oxygens (including phenoxy) is 2. The normalized spacial score (nSPS) is 10.3. The number of carbonyl (C=O) groups is 2. The van der Waals surface area contributed by atoms with E-state index in [0.29, 0.717) is 12.2 Å². The Morgan fingerprint density at radius 1 is 1.14 bits per heavy atom. The lowest BCUT2D eigenvalue weighted by Crippen LogP contribution is -2.23. The Morgan fingerprint density at radius 2 is 1.76 bits per heavy atom. The second-order valence-electron chi connectivity index (χ2n) is 5.36. The van der Waals surface area contributed by atoms with Crippen molar-refractivity contribution in [3.8, 4) is 11.8 Å². The van der Waals surface area contributed by atoms with Gasteiger partial charge in [-0.2, -0.15) is 0 Å². The van der Waals surface area contributed by atoms with Gasteiger partial charge in [-0.3, -0.25) is 4.79 Å². The monoisotopic (exact) mass is 288 g/mol. The van der Waals surface area contributed by atoms with Crippen LogP contribution in [0.1, 0.15) is 50.0 Å². The predicted molar refractivity (Wildman–Crippen MR) is 79.7 cm³/mol.